The van der Waals surface area contributed by atoms with E-state index < -0.39 is 17.3 Å². The molecule has 6 heteroatoms. The minimum Gasteiger partial charge on any atom is -0.494 e. The molecule has 0 aliphatic carbocycles. The maximum Gasteiger partial charge on any atom is 0.324 e. The molecule has 0 radical (unpaired) electrons. The van der Waals surface area contributed by atoms with Gasteiger partial charge in [0.1, 0.15) is 5.75 Å². The summed E-state index contributed by atoms with van der Waals surface area (Å²) in [5.41, 5.74) is -0.931. The van der Waals surface area contributed by atoms with Gasteiger partial charge in [0.2, 0.25) is 5.91 Å². The summed E-state index contributed by atoms with van der Waals surface area (Å²) in [5, 5.41) is 11.7. The Morgan fingerprint density at radius 1 is 1.37 bits per heavy atom. The summed E-state index contributed by atoms with van der Waals surface area (Å²) in [5.74, 6) is -1.03. The van der Waals surface area contributed by atoms with Crippen molar-refractivity contribution in [2.24, 2.45) is 5.41 Å². The summed E-state index contributed by atoms with van der Waals surface area (Å²) < 4.78 is 10.1. The minimum absolute atomic E-state index is 0.0921. The first-order valence-electron chi connectivity index (χ1n) is 5.94. The highest BCUT2D eigenvalue weighted by Gasteiger charge is 2.53. The fourth-order valence-corrected chi connectivity index (χ4v) is 1.71. The van der Waals surface area contributed by atoms with Crippen molar-refractivity contribution in [1.82, 2.24) is 0 Å². The van der Waals surface area contributed by atoms with Gasteiger partial charge >= 0.3 is 5.97 Å². The van der Waals surface area contributed by atoms with Crippen molar-refractivity contribution in [2.75, 3.05) is 25.1 Å². The molecule has 6 nitrogen and oxygen atoms in total. The summed E-state index contributed by atoms with van der Waals surface area (Å²) in [4.78, 5) is 23.1. The topological polar surface area (TPSA) is 84.9 Å². The van der Waals surface area contributed by atoms with Crippen molar-refractivity contribution in [3.05, 3.63) is 24.3 Å². The molecule has 102 valence electrons. The highest BCUT2D eigenvalue weighted by molar-refractivity contribution is 6.09. The van der Waals surface area contributed by atoms with Crippen LogP contribution in [0, 0.1) is 5.41 Å². The third-order valence-corrected chi connectivity index (χ3v) is 2.96. The molecule has 2 N–H and O–H groups in total. The zero-order chi connectivity index (χ0) is 13.9. The third kappa shape index (κ3) is 2.53. The van der Waals surface area contributed by atoms with Gasteiger partial charge in [0.15, 0.2) is 5.41 Å². The SMILES string of the molecule is CCOc1ccc(NC(=O)C2(C(=O)O)COC2)cc1. The molecule has 1 aliphatic heterocycles. The molecule has 1 aliphatic rings. The second-order valence-electron chi connectivity index (χ2n) is 4.29. The number of rotatable bonds is 5. The third-order valence-electron chi connectivity index (χ3n) is 2.96. The van der Waals surface area contributed by atoms with Crippen molar-refractivity contribution in [2.45, 2.75) is 6.92 Å². The molecule has 0 saturated carbocycles. The zero-order valence-corrected chi connectivity index (χ0v) is 10.5. The maximum atomic E-state index is 12.0. The summed E-state index contributed by atoms with van der Waals surface area (Å²) >= 11 is 0. The van der Waals surface area contributed by atoms with E-state index in [9.17, 15) is 9.59 Å². The fraction of sp³-hybridized carbons (Fsp3) is 0.385. The van der Waals surface area contributed by atoms with Crippen molar-refractivity contribution >= 4 is 17.6 Å². The molecule has 1 aromatic rings. The van der Waals surface area contributed by atoms with Crippen LogP contribution >= 0.6 is 0 Å². The normalized spacial score (nSPS) is 16.3. The van der Waals surface area contributed by atoms with Crippen LogP contribution in [0.15, 0.2) is 24.3 Å². The van der Waals surface area contributed by atoms with Crippen molar-refractivity contribution in [3.63, 3.8) is 0 Å². The standard InChI is InChI=1S/C13H15NO5/c1-2-19-10-5-3-9(4-6-10)14-11(15)13(12(16)17)7-18-8-13/h3-6H,2,7-8H2,1H3,(H,14,15)(H,16,17). The number of carboxylic acids is 1. The first-order valence-corrected chi connectivity index (χ1v) is 5.94. The Hall–Kier alpha value is -2.08. The van der Waals surface area contributed by atoms with Crippen LogP contribution in [0.1, 0.15) is 6.92 Å². The van der Waals surface area contributed by atoms with Gasteiger partial charge in [0.05, 0.1) is 19.8 Å². The molecule has 0 atom stereocenters. The molecule has 1 aromatic carbocycles. The molecular weight excluding hydrogens is 250 g/mol. The van der Waals surface area contributed by atoms with Gasteiger partial charge in [-0.15, -0.1) is 0 Å². The Balaban J connectivity index is 2.04. The molecule has 0 unspecified atom stereocenters. The largest absolute Gasteiger partial charge is 0.494 e. The quantitative estimate of drug-likeness (QED) is 0.779. The number of carboxylic acid groups (broad SMARTS) is 1. The second-order valence-corrected chi connectivity index (χ2v) is 4.29. The minimum atomic E-state index is -1.46. The Bertz CT molecular complexity index is 478. The smallest absolute Gasteiger partial charge is 0.324 e. The van der Waals surface area contributed by atoms with E-state index in [1.54, 1.807) is 24.3 Å². The predicted molar refractivity (Wildman–Crippen MR) is 67.1 cm³/mol. The number of anilines is 1. The van der Waals surface area contributed by atoms with E-state index in [0.29, 0.717) is 18.0 Å². The van der Waals surface area contributed by atoms with Crippen LogP contribution in [-0.4, -0.2) is 36.8 Å². The number of amides is 1. The van der Waals surface area contributed by atoms with Gasteiger partial charge < -0.3 is 19.9 Å². The number of carbonyl (C=O) groups excluding carboxylic acids is 1. The van der Waals surface area contributed by atoms with E-state index in [0.717, 1.165) is 0 Å². The molecule has 0 aromatic heterocycles. The molecular formula is C13H15NO5. The molecule has 19 heavy (non-hydrogen) atoms. The molecule has 1 heterocycles. The summed E-state index contributed by atoms with van der Waals surface area (Å²) in [7, 11) is 0. The fourth-order valence-electron chi connectivity index (χ4n) is 1.71. The van der Waals surface area contributed by atoms with Gasteiger partial charge in [0.25, 0.3) is 0 Å². The van der Waals surface area contributed by atoms with Crippen molar-refractivity contribution < 1.29 is 24.2 Å². The Morgan fingerprint density at radius 3 is 2.42 bits per heavy atom. The van der Waals surface area contributed by atoms with E-state index in [-0.39, 0.29) is 13.2 Å². The second kappa shape index (κ2) is 5.27. The Morgan fingerprint density at radius 2 is 2.00 bits per heavy atom. The Kier molecular flexibility index (Phi) is 3.71. The van der Waals surface area contributed by atoms with E-state index in [1.165, 1.54) is 0 Å². The summed E-state index contributed by atoms with van der Waals surface area (Å²) in [6, 6.07) is 6.75. The lowest BCUT2D eigenvalue weighted by Gasteiger charge is -2.35. The lowest BCUT2D eigenvalue weighted by Crippen LogP contribution is -2.57. The molecule has 2 rings (SSSR count). The first kappa shape index (κ1) is 13.4. The lowest BCUT2D eigenvalue weighted by molar-refractivity contribution is -0.182. The highest BCUT2D eigenvalue weighted by atomic mass is 16.5. The first-order chi connectivity index (χ1) is 9.08. The summed E-state index contributed by atoms with van der Waals surface area (Å²) in [6.07, 6.45) is 0. The van der Waals surface area contributed by atoms with Crippen LogP contribution in [-0.2, 0) is 14.3 Å². The van der Waals surface area contributed by atoms with Crippen molar-refractivity contribution in [1.29, 1.82) is 0 Å². The molecule has 1 saturated heterocycles. The van der Waals surface area contributed by atoms with Crippen molar-refractivity contribution in [3.8, 4) is 5.75 Å². The molecule has 1 fully saturated rings. The number of aliphatic carboxylic acids is 1. The monoisotopic (exact) mass is 265 g/mol. The predicted octanol–water partition coefficient (Wildman–Crippen LogP) is 1.12. The van der Waals surface area contributed by atoms with Gasteiger partial charge in [0, 0.05) is 5.69 Å². The number of nitrogens with one attached hydrogen (secondary N) is 1. The van der Waals surface area contributed by atoms with Crippen LogP contribution in [0.5, 0.6) is 5.75 Å². The van der Waals surface area contributed by atoms with Gasteiger partial charge in [-0.3, -0.25) is 9.59 Å². The molecule has 0 spiro atoms. The van der Waals surface area contributed by atoms with E-state index >= 15 is 0 Å². The van der Waals surface area contributed by atoms with Gasteiger partial charge in [-0.1, -0.05) is 0 Å². The number of carbonyl (C=O) groups is 2. The van der Waals surface area contributed by atoms with E-state index in [4.69, 9.17) is 14.6 Å². The summed E-state index contributed by atoms with van der Waals surface area (Å²) in [6.45, 7) is 2.25. The van der Waals surface area contributed by atoms with Gasteiger partial charge in [-0.05, 0) is 31.2 Å². The van der Waals surface area contributed by atoms with E-state index in [2.05, 4.69) is 5.32 Å². The van der Waals surface area contributed by atoms with Gasteiger partial charge in [-0.2, -0.15) is 0 Å². The van der Waals surface area contributed by atoms with Crippen LogP contribution in [0.25, 0.3) is 0 Å². The Labute approximate surface area is 110 Å². The lowest BCUT2D eigenvalue weighted by atomic mass is 9.85. The van der Waals surface area contributed by atoms with Crippen LogP contribution in [0.4, 0.5) is 5.69 Å². The number of benzene rings is 1. The van der Waals surface area contributed by atoms with E-state index in [1.807, 2.05) is 6.92 Å². The number of hydrogen-bond donors (Lipinski definition) is 2. The van der Waals surface area contributed by atoms with Crippen LogP contribution in [0.3, 0.4) is 0 Å². The maximum absolute atomic E-state index is 12.0. The average Bonchev–Trinajstić information content (AvgIpc) is 2.30. The van der Waals surface area contributed by atoms with Crippen LogP contribution in [0.2, 0.25) is 0 Å². The number of ether oxygens (including phenoxy) is 2. The van der Waals surface area contributed by atoms with Gasteiger partial charge in [-0.25, -0.2) is 0 Å². The zero-order valence-electron chi connectivity index (χ0n) is 10.5. The highest BCUT2D eigenvalue weighted by Crippen LogP contribution is 2.29. The average molecular weight is 265 g/mol. The molecule has 0 bridgehead atoms. The van der Waals surface area contributed by atoms with Crippen LogP contribution < -0.4 is 10.1 Å². The molecule has 1 amide bonds. The number of hydrogen-bond acceptors (Lipinski definition) is 4.